The van der Waals surface area contributed by atoms with Crippen LogP contribution in [0.4, 0.5) is 0 Å². The monoisotopic (exact) mass is 252 g/mol. The molecule has 0 spiro atoms. The molecule has 0 unspecified atom stereocenters. The molecule has 1 aromatic rings. The van der Waals surface area contributed by atoms with Crippen LogP contribution in [0.3, 0.4) is 0 Å². The molecule has 0 saturated heterocycles. The lowest BCUT2D eigenvalue weighted by Crippen LogP contribution is -2.18. The standard InChI is InChI=1S/C14H20O4/c1-5-7-10-9(8-15)11(13(16)17)12(18-10)14(3,4)6-2/h8H,5-7H2,1-4H3,(H,16,17). The van der Waals surface area contributed by atoms with Crippen LogP contribution in [0.5, 0.6) is 0 Å². The molecule has 0 aliphatic heterocycles. The Morgan fingerprint density at radius 2 is 2.00 bits per heavy atom. The van der Waals surface area contributed by atoms with Crippen LogP contribution in [0.1, 0.15) is 72.8 Å². The molecule has 0 aliphatic rings. The van der Waals surface area contributed by atoms with E-state index in [2.05, 4.69) is 0 Å². The molecule has 18 heavy (non-hydrogen) atoms. The zero-order chi connectivity index (χ0) is 13.9. The van der Waals surface area contributed by atoms with Crippen LogP contribution in [0.15, 0.2) is 4.42 Å². The maximum Gasteiger partial charge on any atom is 0.340 e. The Balaban J connectivity index is 3.51. The van der Waals surface area contributed by atoms with Gasteiger partial charge in [0.15, 0.2) is 6.29 Å². The van der Waals surface area contributed by atoms with Gasteiger partial charge in [-0.25, -0.2) is 4.79 Å². The Hall–Kier alpha value is -1.58. The van der Waals surface area contributed by atoms with Crippen molar-refractivity contribution in [1.29, 1.82) is 0 Å². The van der Waals surface area contributed by atoms with Crippen LogP contribution in [-0.4, -0.2) is 17.4 Å². The van der Waals surface area contributed by atoms with Crippen molar-refractivity contribution in [3.05, 3.63) is 22.6 Å². The van der Waals surface area contributed by atoms with E-state index >= 15 is 0 Å². The highest BCUT2D eigenvalue weighted by Crippen LogP contribution is 2.35. The zero-order valence-electron chi connectivity index (χ0n) is 11.4. The van der Waals surface area contributed by atoms with Crippen molar-refractivity contribution >= 4 is 12.3 Å². The number of carboxylic acid groups (broad SMARTS) is 1. The number of hydrogen-bond acceptors (Lipinski definition) is 3. The zero-order valence-corrected chi connectivity index (χ0v) is 11.4. The molecule has 4 nitrogen and oxygen atoms in total. The van der Waals surface area contributed by atoms with Crippen LogP contribution >= 0.6 is 0 Å². The molecule has 0 bridgehead atoms. The first-order valence-corrected chi connectivity index (χ1v) is 6.23. The third kappa shape index (κ3) is 2.47. The van der Waals surface area contributed by atoms with Gasteiger partial charge >= 0.3 is 5.97 Å². The van der Waals surface area contributed by atoms with Crippen molar-refractivity contribution in [3.63, 3.8) is 0 Å². The van der Waals surface area contributed by atoms with Crippen molar-refractivity contribution in [1.82, 2.24) is 0 Å². The fourth-order valence-electron chi connectivity index (χ4n) is 1.88. The van der Waals surface area contributed by atoms with Gasteiger partial charge in [-0.15, -0.1) is 0 Å². The maximum absolute atomic E-state index is 11.4. The fraction of sp³-hybridized carbons (Fsp3) is 0.571. The smallest absolute Gasteiger partial charge is 0.340 e. The lowest BCUT2D eigenvalue weighted by atomic mass is 9.84. The Kier molecular flexibility index (Phi) is 4.33. The Labute approximate surface area is 107 Å². The Morgan fingerprint density at radius 1 is 1.39 bits per heavy atom. The second kappa shape index (κ2) is 5.38. The van der Waals surface area contributed by atoms with Gasteiger partial charge in [0, 0.05) is 11.8 Å². The van der Waals surface area contributed by atoms with Crippen LogP contribution in [0.2, 0.25) is 0 Å². The summed E-state index contributed by atoms with van der Waals surface area (Å²) in [6.07, 6.45) is 2.71. The summed E-state index contributed by atoms with van der Waals surface area (Å²) in [5, 5.41) is 9.30. The van der Waals surface area contributed by atoms with Crippen LogP contribution in [-0.2, 0) is 11.8 Å². The predicted molar refractivity (Wildman–Crippen MR) is 68.4 cm³/mol. The quantitative estimate of drug-likeness (QED) is 0.787. The summed E-state index contributed by atoms with van der Waals surface area (Å²) >= 11 is 0. The molecule has 0 radical (unpaired) electrons. The van der Waals surface area contributed by atoms with E-state index in [-0.39, 0.29) is 11.1 Å². The molecule has 0 amide bonds. The van der Waals surface area contributed by atoms with Gasteiger partial charge in [-0.3, -0.25) is 4.79 Å². The highest BCUT2D eigenvalue weighted by atomic mass is 16.4. The van der Waals surface area contributed by atoms with Gasteiger partial charge in [0.05, 0.1) is 5.56 Å². The maximum atomic E-state index is 11.4. The van der Waals surface area contributed by atoms with Crippen LogP contribution in [0, 0.1) is 0 Å². The van der Waals surface area contributed by atoms with E-state index in [0.717, 1.165) is 12.8 Å². The van der Waals surface area contributed by atoms with Gasteiger partial charge in [0.25, 0.3) is 0 Å². The second-order valence-electron chi connectivity index (χ2n) is 5.05. The molecule has 100 valence electrons. The SMILES string of the molecule is CCCc1oc(C(C)(C)CC)c(C(=O)O)c1C=O. The van der Waals surface area contributed by atoms with Crippen molar-refractivity contribution in [2.45, 2.75) is 52.4 Å². The lowest BCUT2D eigenvalue weighted by Gasteiger charge is -2.20. The Morgan fingerprint density at radius 3 is 2.39 bits per heavy atom. The van der Waals surface area contributed by atoms with Gasteiger partial charge < -0.3 is 9.52 Å². The Bertz CT molecular complexity index is 455. The first kappa shape index (κ1) is 14.5. The molecule has 0 aromatic carbocycles. The minimum absolute atomic E-state index is 0.0281. The fourth-order valence-corrected chi connectivity index (χ4v) is 1.88. The second-order valence-corrected chi connectivity index (χ2v) is 5.05. The van der Waals surface area contributed by atoms with E-state index in [9.17, 15) is 14.7 Å². The molecular weight excluding hydrogens is 232 g/mol. The number of hydrogen-bond donors (Lipinski definition) is 1. The molecule has 1 N–H and O–H groups in total. The highest BCUT2D eigenvalue weighted by molar-refractivity contribution is 5.99. The van der Waals surface area contributed by atoms with Crippen LogP contribution < -0.4 is 0 Å². The molecule has 0 fully saturated rings. The average Bonchev–Trinajstić information content (AvgIpc) is 2.69. The highest BCUT2D eigenvalue weighted by Gasteiger charge is 2.33. The van der Waals surface area contributed by atoms with E-state index in [1.54, 1.807) is 0 Å². The van der Waals surface area contributed by atoms with Crippen molar-refractivity contribution in [2.24, 2.45) is 0 Å². The summed E-state index contributed by atoms with van der Waals surface area (Å²) in [4.78, 5) is 22.5. The van der Waals surface area contributed by atoms with E-state index in [1.165, 1.54) is 0 Å². The van der Waals surface area contributed by atoms with Gasteiger partial charge in [-0.05, 0) is 12.8 Å². The summed E-state index contributed by atoms with van der Waals surface area (Å²) < 4.78 is 5.68. The van der Waals surface area contributed by atoms with Gasteiger partial charge in [-0.2, -0.15) is 0 Å². The number of carbonyl (C=O) groups excluding carboxylic acids is 1. The van der Waals surface area contributed by atoms with E-state index in [1.807, 2.05) is 27.7 Å². The third-order valence-electron chi connectivity index (χ3n) is 3.33. The number of aldehydes is 1. The number of aryl methyl sites for hydroxylation is 1. The lowest BCUT2D eigenvalue weighted by molar-refractivity contribution is 0.0689. The summed E-state index contributed by atoms with van der Waals surface area (Å²) in [5.74, 6) is -0.204. The predicted octanol–water partition coefficient (Wildman–Crippen LogP) is 3.43. The number of rotatable bonds is 6. The first-order valence-electron chi connectivity index (χ1n) is 6.23. The minimum atomic E-state index is -1.10. The van der Waals surface area contributed by atoms with E-state index in [4.69, 9.17) is 4.42 Å². The number of aromatic carboxylic acids is 1. The average molecular weight is 252 g/mol. The molecular formula is C14H20O4. The van der Waals surface area contributed by atoms with Crippen LogP contribution in [0.25, 0.3) is 0 Å². The summed E-state index contributed by atoms with van der Waals surface area (Å²) in [5.41, 5.74) is -0.168. The number of carbonyl (C=O) groups is 2. The molecule has 1 heterocycles. The molecule has 4 heteroatoms. The largest absolute Gasteiger partial charge is 0.478 e. The molecule has 1 rings (SSSR count). The minimum Gasteiger partial charge on any atom is -0.478 e. The molecule has 0 atom stereocenters. The topological polar surface area (TPSA) is 67.5 Å². The van der Waals surface area contributed by atoms with Crippen molar-refractivity contribution in [3.8, 4) is 0 Å². The van der Waals surface area contributed by atoms with E-state index < -0.39 is 11.4 Å². The van der Waals surface area contributed by atoms with E-state index in [0.29, 0.717) is 24.2 Å². The third-order valence-corrected chi connectivity index (χ3v) is 3.33. The number of furan rings is 1. The van der Waals surface area contributed by atoms with Gasteiger partial charge in [0.1, 0.15) is 17.1 Å². The summed E-state index contributed by atoms with van der Waals surface area (Å²) in [6, 6.07) is 0. The van der Waals surface area contributed by atoms with Crippen molar-refractivity contribution in [2.75, 3.05) is 0 Å². The molecule has 1 aromatic heterocycles. The van der Waals surface area contributed by atoms with Gasteiger partial charge in [0.2, 0.25) is 0 Å². The molecule has 0 saturated carbocycles. The summed E-state index contributed by atoms with van der Waals surface area (Å²) in [6.45, 7) is 7.77. The molecule has 0 aliphatic carbocycles. The first-order chi connectivity index (χ1) is 8.38. The van der Waals surface area contributed by atoms with Gasteiger partial charge in [-0.1, -0.05) is 27.7 Å². The van der Waals surface area contributed by atoms with Crippen molar-refractivity contribution < 1.29 is 19.1 Å². The number of carboxylic acids is 1. The normalized spacial score (nSPS) is 11.6. The summed E-state index contributed by atoms with van der Waals surface area (Å²) in [7, 11) is 0.